The van der Waals surface area contributed by atoms with Gasteiger partial charge in [-0.25, -0.2) is 0 Å². The molecule has 1 heterocycles. The summed E-state index contributed by atoms with van der Waals surface area (Å²) in [5.41, 5.74) is 6.21. The predicted molar refractivity (Wildman–Crippen MR) is 51.5 cm³/mol. The van der Waals surface area contributed by atoms with Crippen molar-refractivity contribution in [1.82, 2.24) is 4.98 Å². The Hall–Kier alpha value is -1.42. The minimum atomic E-state index is 0.563. The average molecular weight is 179 g/mol. The van der Waals surface area contributed by atoms with Crippen LogP contribution < -0.4 is 5.73 Å². The molecule has 2 N–H and O–H groups in total. The number of pyridine rings is 1. The van der Waals surface area contributed by atoms with Crippen molar-refractivity contribution in [2.75, 3.05) is 13.2 Å². The number of hydrogen-bond acceptors (Lipinski definition) is 4. The van der Waals surface area contributed by atoms with Gasteiger partial charge >= 0.3 is 0 Å². The largest absolute Gasteiger partial charge is 0.396 e. The molecule has 1 aromatic rings. The van der Waals surface area contributed by atoms with Crippen molar-refractivity contribution < 1.29 is 4.84 Å². The van der Waals surface area contributed by atoms with Crippen LogP contribution >= 0.6 is 0 Å². The number of hydrogen-bond donors (Lipinski definition) is 1. The molecule has 0 fully saturated rings. The SMILES string of the molecule is NCCCON=Cc1cccnc1. The smallest absolute Gasteiger partial charge is 0.118 e. The van der Waals surface area contributed by atoms with Gasteiger partial charge in [0.1, 0.15) is 6.61 Å². The van der Waals surface area contributed by atoms with Crippen molar-refractivity contribution in [2.24, 2.45) is 10.9 Å². The molecule has 0 amide bonds. The number of oxime groups is 1. The normalized spacial score (nSPS) is 10.5. The average Bonchev–Trinajstić information content (AvgIpc) is 2.19. The van der Waals surface area contributed by atoms with Crippen LogP contribution in [-0.4, -0.2) is 24.4 Å². The molecule has 13 heavy (non-hydrogen) atoms. The lowest BCUT2D eigenvalue weighted by Gasteiger charge is -1.95. The lowest BCUT2D eigenvalue weighted by atomic mass is 10.3. The third kappa shape index (κ3) is 4.22. The molecule has 0 aliphatic carbocycles. The zero-order valence-electron chi connectivity index (χ0n) is 7.39. The fourth-order valence-corrected chi connectivity index (χ4v) is 0.751. The lowest BCUT2D eigenvalue weighted by molar-refractivity contribution is 0.145. The molecule has 0 bridgehead atoms. The van der Waals surface area contributed by atoms with Crippen molar-refractivity contribution in [3.05, 3.63) is 30.1 Å². The molecule has 1 rings (SSSR count). The third-order valence-corrected chi connectivity index (χ3v) is 1.40. The molecule has 0 atom stereocenters. The van der Waals surface area contributed by atoms with Gasteiger partial charge in [-0.2, -0.15) is 0 Å². The van der Waals surface area contributed by atoms with Crippen LogP contribution in [0, 0.1) is 0 Å². The van der Waals surface area contributed by atoms with Crippen LogP contribution in [0.25, 0.3) is 0 Å². The quantitative estimate of drug-likeness (QED) is 0.413. The minimum absolute atomic E-state index is 0.563. The fourth-order valence-electron chi connectivity index (χ4n) is 0.751. The summed E-state index contributed by atoms with van der Waals surface area (Å²) in [5, 5.41) is 3.76. The van der Waals surface area contributed by atoms with Crippen molar-refractivity contribution in [3.63, 3.8) is 0 Å². The van der Waals surface area contributed by atoms with Crippen LogP contribution in [0.3, 0.4) is 0 Å². The second kappa shape index (κ2) is 6.14. The van der Waals surface area contributed by atoms with E-state index in [0.29, 0.717) is 13.2 Å². The minimum Gasteiger partial charge on any atom is -0.396 e. The molecule has 0 aliphatic rings. The van der Waals surface area contributed by atoms with Gasteiger partial charge in [-0.3, -0.25) is 4.98 Å². The first-order valence-electron chi connectivity index (χ1n) is 4.19. The second-order valence-electron chi connectivity index (χ2n) is 2.50. The first-order valence-corrected chi connectivity index (χ1v) is 4.19. The van der Waals surface area contributed by atoms with Crippen molar-refractivity contribution in [2.45, 2.75) is 6.42 Å². The molecule has 4 nitrogen and oxygen atoms in total. The van der Waals surface area contributed by atoms with E-state index in [9.17, 15) is 0 Å². The van der Waals surface area contributed by atoms with Gasteiger partial charge in [-0.05, 0) is 19.0 Å². The van der Waals surface area contributed by atoms with Crippen LogP contribution in [0.2, 0.25) is 0 Å². The topological polar surface area (TPSA) is 60.5 Å². The molecule has 4 heteroatoms. The maximum absolute atomic E-state index is 5.28. The van der Waals surface area contributed by atoms with E-state index in [1.807, 2.05) is 12.1 Å². The van der Waals surface area contributed by atoms with E-state index in [1.165, 1.54) is 0 Å². The van der Waals surface area contributed by atoms with Gasteiger partial charge < -0.3 is 10.6 Å². The summed E-state index contributed by atoms with van der Waals surface area (Å²) in [6, 6.07) is 3.75. The van der Waals surface area contributed by atoms with Crippen LogP contribution in [0.15, 0.2) is 29.7 Å². The van der Waals surface area contributed by atoms with E-state index < -0.39 is 0 Å². The first kappa shape index (κ1) is 9.67. The highest BCUT2D eigenvalue weighted by atomic mass is 16.6. The fraction of sp³-hybridized carbons (Fsp3) is 0.333. The molecule has 0 saturated carbocycles. The molecule has 0 aliphatic heterocycles. The van der Waals surface area contributed by atoms with E-state index in [1.54, 1.807) is 18.6 Å². The van der Waals surface area contributed by atoms with Gasteiger partial charge in [-0.1, -0.05) is 11.2 Å². The van der Waals surface area contributed by atoms with Gasteiger partial charge in [-0.15, -0.1) is 0 Å². The maximum Gasteiger partial charge on any atom is 0.118 e. The Kier molecular flexibility index (Phi) is 4.56. The van der Waals surface area contributed by atoms with Crippen LogP contribution in [0.5, 0.6) is 0 Å². The zero-order valence-corrected chi connectivity index (χ0v) is 7.39. The zero-order chi connectivity index (χ0) is 9.36. The van der Waals surface area contributed by atoms with Crippen molar-refractivity contribution in [3.8, 4) is 0 Å². The number of rotatable bonds is 5. The van der Waals surface area contributed by atoms with E-state index in [4.69, 9.17) is 10.6 Å². The highest BCUT2D eigenvalue weighted by Gasteiger charge is 1.85. The summed E-state index contributed by atoms with van der Waals surface area (Å²) in [5.74, 6) is 0. The Balaban J connectivity index is 2.25. The molecule has 0 spiro atoms. The Morgan fingerprint density at radius 2 is 2.54 bits per heavy atom. The number of nitrogens with two attached hydrogens (primary N) is 1. The summed E-state index contributed by atoms with van der Waals surface area (Å²) >= 11 is 0. The lowest BCUT2D eigenvalue weighted by Crippen LogP contribution is -2.02. The Bertz CT molecular complexity index is 248. The molecule has 70 valence electrons. The Labute approximate surface area is 77.4 Å². The monoisotopic (exact) mass is 179 g/mol. The summed E-state index contributed by atoms with van der Waals surface area (Å²) in [7, 11) is 0. The van der Waals surface area contributed by atoms with Crippen LogP contribution in [0.4, 0.5) is 0 Å². The van der Waals surface area contributed by atoms with Gasteiger partial charge in [0.05, 0.1) is 6.21 Å². The molecule has 0 unspecified atom stereocenters. The van der Waals surface area contributed by atoms with Gasteiger partial charge in [0.2, 0.25) is 0 Å². The maximum atomic E-state index is 5.28. The van der Waals surface area contributed by atoms with E-state index in [0.717, 1.165) is 12.0 Å². The van der Waals surface area contributed by atoms with Gasteiger partial charge in [0.15, 0.2) is 0 Å². The Morgan fingerprint density at radius 1 is 1.62 bits per heavy atom. The van der Waals surface area contributed by atoms with Crippen LogP contribution in [0.1, 0.15) is 12.0 Å². The molecule has 1 aromatic heterocycles. The standard InChI is InChI=1S/C9H13N3O/c10-4-2-6-13-12-8-9-3-1-5-11-7-9/h1,3,5,7-8H,2,4,6,10H2. The second-order valence-corrected chi connectivity index (χ2v) is 2.50. The molecule has 0 aromatic carbocycles. The predicted octanol–water partition coefficient (Wildman–Crippen LogP) is 0.781. The summed E-state index contributed by atoms with van der Waals surface area (Å²) < 4.78 is 0. The Morgan fingerprint density at radius 3 is 3.23 bits per heavy atom. The summed E-state index contributed by atoms with van der Waals surface area (Å²) in [6.07, 6.45) is 5.89. The molecular weight excluding hydrogens is 166 g/mol. The number of nitrogens with zero attached hydrogens (tertiary/aromatic N) is 2. The van der Waals surface area contributed by atoms with Crippen LogP contribution in [-0.2, 0) is 4.84 Å². The molecule has 0 saturated heterocycles. The third-order valence-electron chi connectivity index (χ3n) is 1.40. The summed E-state index contributed by atoms with van der Waals surface area (Å²) in [4.78, 5) is 8.87. The van der Waals surface area contributed by atoms with Gasteiger partial charge in [0.25, 0.3) is 0 Å². The highest BCUT2D eigenvalue weighted by Crippen LogP contribution is 1.91. The summed E-state index contributed by atoms with van der Waals surface area (Å²) in [6.45, 7) is 1.19. The van der Waals surface area contributed by atoms with Crippen molar-refractivity contribution in [1.29, 1.82) is 0 Å². The number of aromatic nitrogens is 1. The molecular formula is C9H13N3O. The van der Waals surface area contributed by atoms with Gasteiger partial charge in [0, 0.05) is 18.0 Å². The van der Waals surface area contributed by atoms with E-state index in [2.05, 4.69) is 10.1 Å². The molecule has 0 radical (unpaired) electrons. The highest BCUT2D eigenvalue weighted by molar-refractivity contribution is 5.78. The van der Waals surface area contributed by atoms with Crippen molar-refractivity contribution >= 4 is 6.21 Å². The van der Waals surface area contributed by atoms with E-state index >= 15 is 0 Å². The van der Waals surface area contributed by atoms with E-state index in [-0.39, 0.29) is 0 Å². The first-order chi connectivity index (χ1) is 6.43.